The van der Waals surface area contributed by atoms with Crippen LogP contribution in [-0.4, -0.2) is 66.5 Å². The molecule has 3 aliphatic rings. The van der Waals surface area contributed by atoms with Crippen LogP contribution < -0.4 is 0 Å². The molecule has 2 fully saturated rings. The van der Waals surface area contributed by atoms with Gasteiger partial charge in [-0.3, -0.25) is 9.69 Å². The minimum atomic E-state index is -0.359. The van der Waals surface area contributed by atoms with E-state index in [1.165, 1.54) is 31.2 Å². The SMILES string of the molecule is O=C(C1=C[C@@H](C2CCCC2)C[C@@H](OCCCCO)O1)N1CCN(Cc2ccccc2)CC1. The summed E-state index contributed by atoms with van der Waals surface area (Å²) in [5.41, 5.74) is 1.31. The number of allylic oxidation sites excluding steroid dienone is 1. The number of carbonyl (C=O) groups excluding carboxylic acids is 1. The third-order valence-corrected chi connectivity index (χ3v) is 7.07. The first kappa shape index (κ1) is 23.3. The lowest BCUT2D eigenvalue weighted by molar-refractivity contribution is -0.157. The van der Waals surface area contributed by atoms with Crippen molar-refractivity contribution in [1.29, 1.82) is 0 Å². The Morgan fingerprint density at radius 1 is 1.06 bits per heavy atom. The van der Waals surface area contributed by atoms with Gasteiger partial charge >= 0.3 is 0 Å². The van der Waals surface area contributed by atoms with Gasteiger partial charge in [0.25, 0.3) is 5.91 Å². The molecule has 2 atom stereocenters. The maximum Gasteiger partial charge on any atom is 0.288 e. The van der Waals surface area contributed by atoms with Crippen molar-refractivity contribution in [2.24, 2.45) is 11.8 Å². The van der Waals surface area contributed by atoms with Crippen LogP contribution in [0.25, 0.3) is 0 Å². The number of hydrogen-bond acceptors (Lipinski definition) is 5. The lowest BCUT2D eigenvalue weighted by Crippen LogP contribution is -2.49. The molecule has 1 saturated heterocycles. The number of aliphatic hydroxyl groups is 1. The Morgan fingerprint density at radius 3 is 2.53 bits per heavy atom. The van der Waals surface area contributed by atoms with Gasteiger partial charge in [-0.05, 0) is 49.2 Å². The fraction of sp³-hybridized carbons (Fsp3) is 0.654. The molecule has 0 spiro atoms. The summed E-state index contributed by atoms with van der Waals surface area (Å²) in [6.45, 7) is 4.87. The molecule has 1 aliphatic carbocycles. The summed E-state index contributed by atoms with van der Waals surface area (Å²) >= 11 is 0. The fourth-order valence-corrected chi connectivity index (χ4v) is 5.19. The Hall–Kier alpha value is -1.89. The number of ether oxygens (including phenoxy) is 2. The third kappa shape index (κ3) is 6.33. The molecular weight excluding hydrogens is 404 g/mol. The number of carbonyl (C=O) groups is 1. The smallest absolute Gasteiger partial charge is 0.288 e. The van der Waals surface area contributed by atoms with Crippen LogP contribution in [0.4, 0.5) is 0 Å². The quantitative estimate of drug-likeness (QED) is 0.593. The summed E-state index contributed by atoms with van der Waals surface area (Å²) in [6.07, 6.45) is 9.13. The van der Waals surface area contributed by atoms with Crippen molar-refractivity contribution in [3.8, 4) is 0 Å². The minimum Gasteiger partial charge on any atom is -0.459 e. The second-order valence-corrected chi connectivity index (χ2v) is 9.38. The molecule has 1 N–H and O–H groups in total. The molecule has 0 aromatic heterocycles. The number of hydrogen-bond donors (Lipinski definition) is 1. The van der Waals surface area contributed by atoms with Crippen LogP contribution in [-0.2, 0) is 20.8 Å². The van der Waals surface area contributed by atoms with Gasteiger partial charge < -0.3 is 19.5 Å². The molecule has 1 aromatic carbocycles. The number of unbranched alkanes of at least 4 members (excludes halogenated alkanes) is 1. The number of rotatable bonds is 9. The van der Waals surface area contributed by atoms with Gasteiger partial charge in [0.15, 0.2) is 5.76 Å². The minimum absolute atomic E-state index is 0.0102. The average Bonchev–Trinajstić information content (AvgIpc) is 3.38. The first-order chi connectivity index (χ1) is 15.7. The van der Waals surface area contributed by atoms with Gasteiger partial charge in [0.05, 0.1) is 6.61 Å². The van der Waals surface area contributed by atoms with E-state index >= 15 is 0 Å². The van der Waals surface area contributed by atoms with Crippen molar-refractivity contribution in [2.75, 3.05) is 39.4 Å². The summed E-state index contributed by atoms with van der Waals surface area (Å²) in [7, 11) is 0. The van der Waals surface area contributed by atoms with Crippen molar-refractivity contribution in [3.05, 3.63) is 47.7 Å². The van der Waals surface area contributed by atoms with Crippen LogP contribution in [0, 0.1) is 11.8 Å². The van der Waals surface area contributed by atoms with E-state index in [9.17, 15) is 4.79 Å². The van der Waals surface area contributed by atoms with Crippen molar-refractivity contribution in [3.63, 3.8) is 0 Å². The van der Waals surface area contributed by atoms with Crippen molar-refractivity contribution >= 4 is 5.91 Å². The van der Waals surface area contributed by atoms with Gasteiger partial charge in [-0.25, -0.2) is 0 Å². The second-order valence-electron chi connectivity index (χ2n) is 9.38. The molecule has 6 heteroatoms. The van der Waals surface area contributed by atoms with Gasteiger partial charge in [-0.2, -0.15) is 0 Å². The number of nitrogens with zero attached hydrogens (tertiary/aromatic N) is 2. The van der Waals surface area contributed by atoms with Crippen LogP contribution in [0.3, 0.4) is 0 Å². The van der Waals surface area contributed by atoms with E-state index in [-0.39, 0.29) is 18.8 Å². The standard InChI is InChI=1S/C26H38N2O4/c29-16-6-7-17-31-25-19-23(22-10-4-5-11-22)18-24(32-25)26(30)28-14-12-27(13-15-28)20-21-8-2-1-3-9-21/h1-3,8-9,18,22-23,25,29H,4-7,10-17,19-20H2/t23-,25+/m1/s1. The van der Waals surface area contributed by atoms with Crippen LogP contribution in [0.5, 0.6) is 0 Å². The molecule has 2 aliphatic heterocycles. The highest BCUT2D eigenvalue weighted by Gasteiger charge is 2.35. The topological polar surface area (TPSA) is 62.2 Å². The molecule has 32 heavy (non-hydrogen) atoms. The van der Waals surface area contributed by atoms with Gasteiger partial charge in [0, 0.05) is 45.8 Å². The molecular formula is C26H38N2O4. The van der Waals surface area contributed by atoms with Crippen molar-refractivity contribution < 1.29 is 19.4 Å². The van der Waals surface area contributed by atoms with Crippen LogP contribution in [0.15, 0.2) is 42.2 Å². The highest BCUT2D eigenvalue weighted by Crippen LogP contribution is 2.38. The Balaban J connectivity index is 1.34. The molecule has 0 bridgehead atoms. The Bertz CT molecular complexity index is 739. The molecule has 2 heterocycles. The third-order valence-electron chi connectivity index (χ3n) is 7.07. The summed E-state index contributed by atoms with van der Waals surface area (Å²) in [6, 6.07) is 10.5. The zero-order valence-electron chi connectivity index (χ0n) is 19.2. The number of aliphatic hydroxyl groups excluding tert-OH is 1. The summed E-state index contributed by atoms with van der Waals surface area (Å²) in [4.78, 5) is 17.7. The van der Waals surface area contributed by atoms with E-state index in [4.69, 9.17) is 14.6 Å². The first-order valence-corrected chi connectivity index (χ1v) is 12.4. The predicted octanol–water partition coefficient (Wildman–Crippen LogP) is 3.56. The lowest BCUT2D eigenvalue weighted by Gasteiger charge is -2.37. The van der Waals surface area contributed by atoms with Gasteiger partial charge in [0.1, 0.15) is 0 Å². The van der Waals surface area contributed by atoms with E-state index in [1.807, 2.05) is 11.0 Å². The van der Waals surface area contributed by atoms with Crippen LogP contribution >= 0.6 is 0 Å². The zero-order valence-corrected chi connectivity index (χ0v) is 19.2. The average molecular weight is 443 g/mol. The maximum atomic E-state index is 13.3. The highest BCUT2D eigenvalue weighted by molar-refractivity contribution is 5.91. The number of piperazine rings is 1. The lowest BCUT2D eigenvalue weighted by atomic mass is 9.86. The fourth-order valence-electron chi connectivity index (χ4n) is 5.19. The number of benzene rings is 1. The Kier molecular flexibility index (Phi) is 8.60. The van der Waals surface area contributed by atoms with Crippen LogP contribution in [0.1, 0.15) is 50.5 Å². The van der Waals surface area contributed by atoms with Gasteiger partial charge in [0.2, 0.25) is 6.29 Å². The monoisotopic (exact) mass is 442 g/mol. The van der Waals surface area contributed by atoms with E-state index in [1.54, 1.807) is 0 Å². The molecule has 176 valence electrons. The second kappa shape index (κ2) is 11.8. The Morgan fingerprint density at radius 2 is 1.81 bits per heavy atom. The normalized spacial score (nSPS) is 24.9. The Labute approximate surface area is 192 Å². The zero-order chi connectivity index (χ0) is 22.2. The molecule has 1 amide bonds. The predicted molar refractivity (Wildman–Crippen MR) is 124 cm³/mol. The largest absolute Gasteiger partial charge is 0.459 e. The van der Waals surface area contributed by atoms with Gasteiger partial charge in [-0.1, -0.05) is 43.2 Å². The molecule has 0 radical (unpaired) electrons. The molecule has 1 aromatic rings. The summed E-state index contributed by atoms with van der Waals surface area (Å²) in [5, 5.41) is 9.00. The van der Waals surface area contributed by atoms with E-state index in [0.29, 0.717) is 24.2 Å². The number of amides is 1. The maximum absolute atomic E-state index is 13.3. The molecule has 4 rings (SSSR count). The van der Waals surface area contributed by atoms with Crippen LogP contribution in [0.2, 0.25) is 0 Å². The van der Waals surface area contributed by atoms with Crippen molar-refractivity contribution in [2.45, 2.75) is 57.8 Å². The van der Waals surface area contributed by atoms with Gasteiger partial charge in [-0.15, -0.1) is 0 Å². The molecule has 1 saturated carbocycles. The molecule has 0 unspecified atom stereocenters. The first-order valence-electron chi connectivity index (χ1n) is 12.4. The van der Waals surface area contributed by atoms with Crippen molar-refractivity contribution in [1.82, 2.24) is 9.80 Å². The summed E-state index contributed by atoms with van der Waals surface area (Å²) < 4.78 is 12.0. The van der Waals surface area contributed by atoms with E-state index < -0.39 is 0 Å². The van der Waals surface area contributed by atoms with E-state index in [2.05, 4.69) is 35.2 Å². The summed E-state index contributed by atoms with van der Waals surface area (Å²) in [5.74, 6) is 1.48. The molecule has 6 nitrogen and oxygen atoms in total. The highest BCUT2D eigenvalue weighted by atomic mass is 16.7. The van der Waals surface area contributed by atoms with E-state index in [0.717, 1.165) is 52.0 Å².